The molecule has 0 N–H and O–H groups in total. The second-order valence-electron chi connectivity index (χ2n) is 5.64. The Hall–Kier alpha value is -1.68. The van der Waals surface area contributed by atoms with Crippen LogP contribution in [0.25, 0.3) is 0 Å². The Balaban J connectivity index is 1.74. The molecule has 3 rings (SSSR count). The standard InChI is InChI=1S/C18H18BrNO2/c1-22-18(21)17-8-9-20-11-14(17)5-3-12-2-4-13-10-15(19)6-7-16(12)13/h6-12H,2-5H2,1H3/t12-/m0/s1. The highest BCUT2D eigenvalue weighted by atomic mass is 79.9. The lowest BCUT2D eigenvalue weighted by atomic mass is 9.93. The van der Waals surface area contributed by atoms with Crippen molar-refractivity contribution < 1.29 is 9.53 Å². The lowest BCUT2D eigenvalue weighted by Gasteiger charge is -2.13. The van der Waals surface area contributed by atoms with Crippen molar-refractivity contribution in [3.8, 4) is 0 Å². The van der Waals surface area contributed by atoms with E-state index in [1.807, 2.05) is 0 Å². The van der Waals surface area contributed by atoms with Crippen LogP contribution in [-0.4, -0.2) is 18.1 Å². The molecule has 1 atom stereocenters. The summed E-state index contributed by atoms with van der Waals surface area (Å²) >= 11 is 3.53. The maximum atomic E-state index is 11.8. The molecule has 0 fully saturated rings. The van der Waals surface area contributed by atoms with E-state index in [2.05, 4.69) is 39.1 Å². The number of aryl methyl sites for hydroxylation is 2. The number of nitrogens with zero attached hydrogens (tertiary/aromatic N) is 1. The molecule has 4 heteroatoms. The number of rotatable bonds is 4. The van der Waals surface area contributed by atoms with Gasteiger partial charge in [0.15, 0.2) is 0 Å². The molecule has 0 radical (unpaired) electrons. The molecule has 0 bridgehead atoms. The minimum absolute atomic E-state index is 0.284. The van der Waals surface area contributed by atoms with Crippen LogP contribution in [0.2, 0.25) is 0 Å². The Labute approximate surface area is 138 Å². The molecule has 1 aromatic carbocycles. The first-order chi connectivity index (χ1) is 10.7. The Morgan fingerprint density at radius 3 is 3.09 bits per heavy atom. The molecule has 1 aliphatic rings. The van der Waals surface area contributed by atoms with Crippen molar-refractivity contribution in [2.45, 2.75) is 31.6 Å². The number of carbonyl (C=O) groups excluding carboxylic acids is 1. The monoisotopic (exact) mass is 359 g/mol. The lowest BCUT2D eigenvalue weighted by Crippen LogP contribution is -2.07. The summed E-state index contributed by atoms with van der Waals surface area (Å²) < 4.78 is 5.99. The molecule has 1 aromatic heterocycles. The van der Waals surface area contributed by atoms with Crippen LogP contribution in [0.3, 0.4) is 0 Å². The number of fused-ring (bicyclic) bond motifs is 1. The van der Waals surface area contributed by atoms with Gasteiger partial charge in [-0.05, 0) is 66.5 Å². The summed E-state index contributed by atoms with van der Waals surface area (Å²) in [6.07, 6.45) is 7.61. The van der Waals surface area contributed by atoms with Gasteiger partial charge in [0.05, 0.1) is 12.7 Å². The van der Waals surface area contributed by atoms with Crippen molar-refractivity contribution in [2.24, 2.45) is 0 Å². The molecule has 0 saturated carbocycles. The summed E-state index contributed by atoms with van der Waals surface area (Å²) in [5.41, 5.74) is 4.50. The van der Waals surface area contributed by atoms with Gasteiger partial charge in [-0.15, -0.1) is 0 Å². The molecular formula is C18H18BrNO2. The van der Waals surface area contributed by atoms with Crippen LogP contribution in [-0.2, 0) is 17.6 Å². The summed E-state index contributed by atoms with van der Waals surface area (Å²) in [7, 11) is 1.41. The highest BCUT2D eigenvalue weighted by Gasteiger charge is 2.23. The molecule has 0 unspecified atom stereocenters. The smallest absolute Gasteiger partial charge is 0.338 e. The number of ether oxygens (including phenoxy) is 1. The van der Waals surface area contributed by atoms with Gasteiger partial charge in [-0.3, -0.25) is 4.98 Å². The number of carbonyl (C=O) groups is 1. The molecule has 0 spiro atoms. The Morgan fingerprint density at radius 1 is 1.41 bits per heavy atom. The fraction of sp³-hybridized carbons (Fsp3) is 0.333. The Bertz CT molecular complexity index is 699. The molecule has 1 aliphatic carbocycles. The second kappa shape index (κ2) is 6.61. The second-order valence-corrected chi connectivity index (χ2v) is 6.56. The predicted molar refractivity (Wildman–Crippen MR) is 89.1 cm³/mol. The van der Waals surface area contributed by atoms with Crippen molar-refractivity contribution in [1.29, 1.82) is 0 Å². The van der Waals surface area contributed by atoms with Gasteiger partial charge in [-0.25, -0.2) is 4.79 Å². The first-order valence-electron chi connectivity index (χ1n) is 7.48. The van der Waals surface area contributed by atoms with E-state index in [4.69, 9.17) is 4.74 Å². The van der Waals surface area contributed by atoms with E-state index in [0.717, 1.165) is 29.3 Å². The van der Waals surface area contributed by atoms with Crippen molar-refractivity contribution >= 4 is 21.9 Å². The maximum Gasteiger partial charge on any atom is 0.338 e. The molecule has 22 heavy (non-hydrogen) atoms. The minimum atomic E-state index is -0.284. The molecule has 0 amide bonds. The number of benzene rings is 1. The van der Waals surface area contributed by atoms with E-state index >= 15 is 0 Å². The van der Waals surface area contributed by atoms with Crippen molar-refractivity contribution in [2.75, 3.05) is 7.11 Å². The van der Waals surface area contributed by atoms with E-state index in [1.54, 1.807) is 18.5 Å². The topological polar surface area (TPSA) is 39.2 Å². The Kier molecular flexibility index (Phi) is 4.57. The lowest BCUT2D eigenvalue weighted by molar-refractivity contribution is 0.0599. The molecule has 1 heterocycles. The van der Waals surface area contributed by atoms with Crippen LogP contribution >= 0.6 is 15.9 Å². The van der Waals surface area contributed by atoms with E-state index in [0.29, 0.717) is 11.5 Å². The molecule has 2 aromatic rings. The summed E-state index contributed by atoms with van der Waals surface area (Å²) in [5.74, 6) is 0.280. The van der Waals surface area contributed by atoms with Gasteiger partial charge in [0.2, 0.25) is 0 Å². The van der Waals surface area contributed by atoms with E-state index in [9.17, 15) is 4.79 Å². The molecule has 114 valence electrons. The number of aromatic nitrogens is 1. The summed E-state index contributed by atoms with van der Waals surface area (Å²) in [5, 5.41) is 0. The third-order valence-corrected chi connectivity index (χ3v) is 4.87. The zero-order valence-electron chi connectivity index (χ0n) is 12.5. The van der Waals surface area contributed by atoms with Crippen LogP contribution in [0.4, 0.5) is 0 Å². The average Bonchev–Trinajstić information content (AvgIpc) is 2.94. The molecule has 0 aliphatic heterocycles. The van der Waals surface area contributed by atoms with Crippen molar-refractivity contribution in [3.63, 3.8) is 0 Å². The van der Waals surface area contributed by atoms with Crippen molar-refractivity contribution in [3.05, 3.63) is 63.4 Å². The molecule has 3 nitrogen and oxygen atoms in total. The van der Waals surface area contributed by atoms with Gasteiger partial charge < -0.3 is 4.74 Å². The highest BCUT2D eigenvalue weighted by molar-refractivity contribution is 9.10. The van der Waals surface area contributed by atoms with E-state index < -0.39 is 0 Å². The van der Waals surface area contributed by atoms with Crippen LogP contribution in [0.15, 0.2) is 41.1 Å². The highest BCUT2D eigenvalue weighted by Crippen LogP contribution is 2.37. The summed E-state index contributed by atoms with van der Waals surface area (Å²) in [6, 6.07) is 8.29. The number of hydrogen-bond acceptors (Lipinski definition) is 3. The predicted octanol–water partition coefficient (Wildman–Crippen LogP) is 4.29. The SMILES string of the molecule is COC(=O)c1ccncc1CC[C@@H]1CCc2cc(Br)ccc21. The fourth-order valence-corrected chi connectivity index (χ4v) is 3.65. The first kappa shape index (κ1) is 15.2. The molecule has 0 saturated heterocycles. The average molecular weight is 360 g/mol. The minimum Gasteiger partial charge on any atom is -0.465 e. The van der Waals surface area contributed by atoms with Gasteiger partial charge in [0.25, 0.3) is 0 Å². The van der Waals surface area contributed by atoms with Crippen LogP contribution in [0.1, 0.15) is 45.8 Å². The van der Waals surface area contributed by atoms with Gasteiger partial charge in [-0.2, -0.15) is 0 Å². The largest absolute Gasteiger partial charge is 0.465 e. The zero-order valence-corrected chi connectivity index (χ0v) is 14.1. The third-order valence-electron chi connectivity index (χ3n) is 4.38. The van der Waals surface area contributed by atoms with Crippen LogP contribution < -0.4 is 0 Å². The maximum absolute atomic E-state index is 11.8. The third kappa shape index (κ3) is 3.07. The first-order valence-corrected chi connectivity index (χ1v) is 8.28. The van der Waals surface area contributed by atoms with Crippen LogP contribution in [0, 0.1) is 0 Å². The zero-order chi connectivity index (χ0) is 15.5. The Morgan fingerprint density at radius 2 is 2.27 bits per heavy atom. The van der Waals surface area contributed by atoms with E-state index in [-0.39, 0.29) is 5.97 Å². The van der Waals surface area contributed by atoms with E-state index in [1.165, 1.54) is 24.7 Å². The number of pyridine rings is 1. The fourth-order valence-electron chi connectivity index (χ4n) is 3.24. The number of methoxy groups -OCH3 is 1. The normalized spacial score (nSPS) is 16.4. The van der Waals surface area contributed by atoms with Gasteiger partial charge in [0, 0.05) is 16.9 Å². The number of halogens is 1. The summed E-state index contributed by atoms with van der Waals surface area (Å²) in [6.45, 7) is 0. The van der Waals surface area contributed by atoms with Crippen molar-refractivity contribution in [1.82, 2.24) is 4.98 Å². The van der Waals surface area contributed by atoms with Gasteiger partial charge in [-0.1, -0.05) is 22.0 Å². The molecular weight excluding hydrogens is 342 g/mol. The number of esters is 1. The quantitative estimate of drug-likeness (QED) is 0.764. The number of hydrogen-bond donors (Lipinski definition) is 0. The summed E-state index contributed by atoms with van der Waals surface area (Å²) in [4.78, 5) is 16.0. The van der Waals surface area contributed by atoms with Gasteiger partial charge in [0.1, 0.15) is 0 Å². The van der Waals surface area contributed by atoms with Crippen LogP contribution in [0.5, 0.6) is 0 Å². The van der Waals surface area contributed by atoms with Gasteiger partial charge >= 0.3 is 5.97 Å².